The molecule has 18 heavy (non-hydrogen) atoms. The lowest BCUT2D eigenvalue weighted by Gasteiger charge is -2.12. The summed E-state index contributed by atoms with van der Waals surface area (Å²) in [7, 11) is 0. The molecule has 3 nitrogen and oxygen atoms in total. The van der Waals surface area contributed by atoms with E-state index in [0.717, 1.165) is 16.7 Å². The van der Waals surface area contributed by atoms with Gasteiger partial charge in [-0.05, 0) is 44.9 Å². The Morgan fingerprint density at radius 1 is 1.17 bits per heavy atom. The van der Waals surface area contributed by atoms with Gasteiger partial charge in [0.05, 0.1) is 0 Å². The highest BCUT2D eigenvalue weighted by molar-refractivity contribution is 6.09. The van der Waals surface area contributed by atoms with Gasteiger partial charge in [0.15, 0.2) is 0 Å². The summed E-state index contributed by atoms with van der Waals surface area (Å²) in [5, 5.41) is 4.22. The highest BCUT2D eigenvalue weighted by Crippen LogP contribution is 2.19. The van der Waals surface area contributed by atoms with Gasteiger partial charge >= 0.3 is 0 Å². The third-order valence-electron chi connectivity index (χ3n) is 3.10. The number of hydrogen-bond donors (Lipinski definition) is 0. The fourth-order valence-electron chi connectivity index (χ4n) is 2.21. The van der Waals surface area contributed by atoms with Gasteiger partial charge in [0, 0.05) is 17.8 Å². The molecular formula is C15H18N2O. The van der Waals surface area contributed by atoms with Crippen molar-refractivity contribution in [3.05, 3.63) is 52.8 Å². The molecule has 0 unspecified atom stereocenters. The minimum atomic E-state index is 0.0526. The standard InChI is InChI=1S/C15H18N2O/c1-10(2)17-13(8-9-16-17)15(18)14-11(3)6-5-7-12(14)4/h5-10H,1-4H3. The molecule has 0 aliphatic heterocycles. The first-order valence-electron chi connectivity index (χ1n) is 6.16. The first-order valence-corrected chi connectivity index (χ1v) is 6.16. The lowest BCUT2D eigenvalue weighted by Crippen LogP contribution is -2.15. The molecule has 94 valence electrons. The van der Waals surface area contributed by atoms with Crippen LogP contribution in [0.25, 0.3) is 0 Å². The summed E-state index contributed by atoms with van der Waals surface area (Å²) in [6, 6.07) is 7.88. The lowest BCUT2D eigenvalue weighted by molar-refractivity contribution is 0.102. The molecule has 0 bridgehead atoms. The van der Waals surface area contributed by atoms with Crippen LogP contribution in [-0.2, 0) is 0 Å². The minimum absolute atomic E-state index is 0.0526. The Kier molecular flexibility index (Phi) is 3.32. The number of aryl methyl sites for hydroxylation is 2. The van der Waals surface area contributed by atoms with Crippen molar-refractivity contribution in [3.8, 4) is 0 Å². The summed E-state index contributed by atoms with van der Waals surface area (Å²) < 4.78 is 1.77. The van der Waals surface area contributed by atoms with Crippen LogP contribution in [0.1, 0.15) is 47.1 Å². The smallest absolute Gasteiger partial charge is 0.211 e. The summed E-state index contributed by atoms with van der Waals surface area (Å²) in [5.74, 6) is 0.0526. The maximum Gasteiger partial charge on any atom is 0.211 e. The fraction of sp³-hybridized carbons (Fsp3) is 0.333. The summed E-state index contributed by atoms with van der Waals surface area (Å²) in [6.45, 7) is 7.98. The molecule has 0 saturated heterocycles. The Bertz CT molecular complexity index is 562. The summed E-state index contributed by atoms with van der Waals surface area (Å²) >= 11 is 0. The zero-order valence-electron chi connectivity index (χ0n) is 11.3. The highest BCUT2D eigenvalue weighted by atomic mass is 16.1. The molecule has 3 heteroatoms. The zero-order valence-corrected chi connectivity index (χ0v) is 11.3. The Labute approximate surface area is 107 Å². The largest absolute Gasteiger partial charge is 0.287 e. The van der Waals surface area contributed by atoms with Gasteiger partial charge in [0.2, 0.25) is 5.78 Å². The molecule has 0 amide bonds. The predicted molar refractivity (Wildman–Crippen MR) is 72.0 cm³/mol. The minimum Gasteiger partial charge on any atom is -0.287 e. The SMILES string of the molecule is Cc1cccc(C)c1C(=O)c1ccnn1C(C)C. The van der Waals surface area contributed by atoms with Crippen LogP contribution in [0.2, 0.25) is 0 Å². The molecule has 2 aromatic rings. The first kappa shape index (κ1) is 12.6. The van der Waals surface area contributed by atoms with Gasteiger partial charge in [0.25, 0.3) is 0 Å². The molecule has 1 heterocycles. The summed E-state index contributed by atoms with van der Waals surface area (Å²) in [5.41, 5.74) is 3.47. The van der Waals surface area contributed by atoms with Gasteiger partial charge in [-0.3, -0.25) is 9.48 Å². The van der Waals surface area contributed by atoms with Crippen LogP contribution in [-0.4, -0.2) is 15.6 Å². The Balaban J connectivity index is 2.52. The van der Waals surface area contributed by atoms with E-state index < -0.39 is 0 Å². The monoisotopic (exact) mass is 242 g/mol. The van der Waals surface area contributed by atoms with Crippen molar-refractivity contribution in [2.45, 2.75) is 33.7 Å². The second-order valence-electron chi connectivity index (χ2n) is 4.85. The topological polar surface area (TPSA) is 34.9 Å². The summed E-state index contributed by atoms with van der Waals surface area (Å²) in [6.07, 6.45) is 1.68. The molecule has 0 saturated carbocycles. The van der Waals surface area contributed by atoms with Gasteiger partial charge in [-0.15, -0.1) is 0 Å². The maximum absolute atomic E-state index is 12.6. The van der Waals surface area contributed by atoms with Crippen molar-refractivity contribution in [2.24, 2.45) is 0 Å². The molecule has 0 atom stereocenters. The second-order valence-corrected chi connectivity index (χ2v) is 4.85. The van der Waals surface area contributed by atoms with E-state index in [-0.39, 0.29) is 11.8 Å². The van der Waals surface area contributed by atoms with Crippen LogP contribution in [0, 0.1) is 13.8 Å². The number of nitrogens with zero attached hydrogens (tertiary/aromatic N) is 2. The van der Waals surface area contributed by atoms with Crippen LogP contribution in [0.5, 0.6) is 0 Å². The quantitative estimate of drug-likeness (QED) is 0.774. The van der Waals surface area contributed by atoms with Crippen molar-refractivity contribution < 1.29 is 4.79 Å². The first-order chi connectivity index (χ1) is 8.52. The van der Waals surface area contributed by atoms with Crippen LogP contribution in [0.4, 0.5) is 0 Å². The van der Waals surface area contributed by atoms with Crippen LogP contribution < -0.4 is 0 Å². The number of rotatable bonds is 3. The number of carbonyl (C=O) groups is 1. The van der Waals surface area contributed by atoms with Crippen LogP contribution in [0.15, 0.2) is 30.5 Å². The molecule has 1 aromatic heterocycles. The molecule has 1 aromatic carbocycles. The number of carbonyl (C=O) groups excluding carboxylic acids is 1. The van der Waals surface area contributed by atoms with E-state index in [1.165, 1.54) is 0 Å². The maximum atomic E-state index is 12.6. The van der Waals surface area contributed by atoms with E-state index in [4.69, 9.17) is 0 Å². The van der Waals surface area contributed by atoms with E-state index in [1.807, 2.05) is 45.9 Å². The normalized spacial score (nSPS) is 10.9. The van der Waals surface area contributed by atoms with Gasteiger partial charge in [-0.1, -0.05) is 18.2 Å². The van der Waals surface area contributed by atoms with Crippen molar-refractivity contribution >= 4 is 5.78 Å². The van der Waals surface area contributed by atoms with Crippen molar-refractivity contribution in [2.75, 3.05) is 0 Å². The molecule has 0 aliphatic carbocycles. The van der Waals surface area contributed by atoms with E-state index in [1.54, 1.807) is 16.9 Å². The number of ketones is 1. The van der Waals surface area contributed by atoms with Gasteiger partial charge in [0.1, 0.15) is 5.69 Å². The number of hydrogen-bond acceptors (Lipinski definition) is 2. The second kappa shape index (κ2) is 4.77. The van der Waals surface area contributed by atoms with Gasteiger partial charge in [-0.2, -0.15) is 5.10 Å². The third kappa shape index (κ3) is 2.08. The van der Waals surface area contributed by atoms with E-state index >= 15 is 0 Å². The van der Waals surface area contributed by atoms with Gasteiger partial charge in [-0.25, -0.2) is 0 Å². The van der Waals surface area contributed by atoms with Crippen LogP contribution in [0.3, 0.4) is 0 Å². The van der Waals surface area contributed by atoms with E-state index in [0.29, 0.717) is 5.69 Å². The highest BCUT2D eigenvalue weighted by Gasteiger charge is 2.19. The lowest BCUT2D eigenvalue weighted by atomic mass is 9.97. The molecule has 0 aliphatic rings. The Morgan fingerprint density at radius 2 is 1.78 bits per heavy atom. The average Bonchev–Trinajstić information content (AvgIpc) is 2.77. The van der Waals surface area contributed by atoms with E-state index in [9.17, 15) is 4.79 Å². The fourth-order valence-corrected chi connectivity index (χ4v) is 2.21. The van der Waals surface area contributed by atoms with Crippen LogP contribution >= 0.6 is 0 Å². The van der Waals surface area contributed by atoms with Crippen molar-refractivity contribution in [1.29, 1.82) is 0 Å². The van der Waals surface area contributed by atoms with Crippen molar-refractivity contribution in [3.63, 3.8) is 0 Å². The molecule has 0 N–H and O–H groups in total. The van der Waals surface area contributed by atoms with E-state index in [2.05, 4.69) is 5.10 Å². The third-order valence-corrected chi connectivity index (χ3v) is 3.10. The molecule has 2 rings (SSSR count). The predicted octanol–water partition coefficient (Wildman–Crippen LogP) is 3.31. The average molecular weight is 242 g/mol. The number of benzene rings is 1. The molecule has 0 spiro atoms. The molecule has 0 radical (unpaired) electrons. The Hall–Kier alpha value is -1.90. The zero-order chi connectivity index (χ0) is 13.3. The van der Waals surface area contributed by atoms with Crippen molar-refractivity contribution in [1.82, 2.24) is 9.78 Å². The number of aromatic nitrogens is 2. The Morgan fingerprint density at radius 3 is 2.33 bits per heavy atom. The summed E-state index contributed by atoms with van der Waals surface area (Å²) in [4.78, 5) is 12.6. The molecular weight excluding hydrogens is 224 g/mol. The molecule has 0 fully saturated rings. The van der Waals surface area contributed by atoms with Gasteiger partial charge < -0.3 is 0 Å².